The molecule has 0 amide bonds. The number of halogens is 1. The van der Waals surface area contributed by atoms with Gasteiger partial charge in [0.2, 0.25) is 0 Å². The average Bonchev–Trinajstić information content (AvgIpc) is 3.16. The maximum atomic E-state index is 11.8. The molecule has 1 fully saturated rings. The Morgan fingerprint density at radius 1 is 1.50 bits per heavy atom. The summed E-state index contributed by atoms with van der Waals surface area (Å²) < 4.78 is 4.93. The average molecular weight is 272 g/mol. The molecular formula is C11H14ClN3O3. The monoisotopic (exact) mass is 271 g/mol. The number of aliphatic hydroxyl groups is 1. The van der Waals surface area contributed by atoms with E-state index in [-0.39, 0.29) is 35.7 Å². The minimum absolute atomic E-state index is 0.00371. The number of nitrogen functional groups attached to an aromatic ring is 1. The van der Waals surface area contributed by atoms with Gasteiger partial charge in [-0.2, -0.15) is 0 Å². The van der Waals surface area contributed by atoms with Crippen LogP contribution in [0.3, 0.4) is 0 Å². The zero-order valence-corrected chi connectivity index (χ0v) is 10.5. The molecule has 0 aliphatic heterocycles. The third-order valence-electron chi connectivity index (χ3n) is 2.57. The van der Waals surface area contributed by atoms with Crippen LogP contribution in [0.1, 0.15) is 41.5 Å². The maximum Gasteiger partial charge on any atom is 0.358 e. The van der Waals surface area contributed by atoms with Gasteiger partial charge in [0.25, 0.3) is 0 Å². The number of aliphatic hydroxyl groups excluding tert-OH is 1. The summed E-state index contributed by atoms with van der Waals surface area (Å²) in [4.78, 5) is 19.9. The smallest absolute Gasteiger partial charge is 0.358 e. The molecule has 0 spiro atoms. The number of ether oxygens (including phenoxy) is 1. The van der Waals surface area contributed by atoms with Crippen LogP contribution in [0.15, 0.2) is 0 Å². The van der Waals surface area contributed by atoms with Crippen molar-refractivity contribution < 1.29 is 14.6 Å². The van der Waals surface area contributed by atoms with Crippen LogP contribution < -0.4 is 5.73 Å². The summed E-state index contributed by atoms with van der Waals surface area (Å²) >= 11 is 5.90. The molecular weight excluding hydrogens is 258 g/mol. The van der Waals surface area contributed by atoms with E-state index in [0.29, 0.717) is 12.2 Å². The van der Waals surface area contributed by atoms with Crippen LogP contribution in [0.4, 0.5) is 5.82 Å². The minimum Gasteiger partial charge on any atom is -0.461 e. The van der Waals surface area contributed by atoms with Crippen molar-refractivity contribution in [3.63, 3.8) is 0 Å². The Bertz CT molecular complexity index is 463. The number of hydrogen-bond donors (Lipinski definition) is 2. The van der Waals surface area contributed by atoms with Gasteiger partial charge in [-0.05, 0) is 12.8 Å². The second-order valence-electron chi connectivity index (χ2n) is 4.12. The molecule has 1 saturated carbocycles. The van der Waals surface area contributed by atoms with Crippen molar-refractivity contribution in [3.8, 4) is 0 Å². The quantitative estimate of drug-likeness (QED) is 0.615. The van der Waals surface area contributed by atoms with Gasteiger partial charge in [0.15, 0.2) is 5.69 Å². The number of aromatic nitrogens is 2. The van der Waals surface area contributed by atoms with Gasteiger partial charge < -0.3 is 15.6 Å². The summed E-state index contributed by atoms with van der Waals surface area (Å²) in [5.41, 5.74) is 5.65. The van der Waals surface area contributed by atoms with Crippen molar-refractivity contribution in [1.82, 2.24) is 9.97 Å². The molecule has 0 atom stereocenters. The third kappa shape index (κ3) is 2.88. The summed E-state index contributed by atoms with van der Waals surface area (Å²) in [6, 6.07) is 0. The van der Waals surface area contributed by atoms with Crippen LogP contribution in [-0.4, -0.2) is 34.3 Å². The van der Waals surface area contributed by atoms with E-state index in [4.69, 9.17) is 27.2 Å². The normalized spacial score (nSPS) is 14.6. The van der Waals surface area contributed by atoms with Gasteiger partial charge in [-0.3, -0.25) is 0 Å². The zero-order valence-electron chi connectivity index (χ0n) is 9.73. The molecule has 0 unspecified atom stereocenters. The van der Waals surface area contributed by atoms with Gasteiger partial charge in [-0.15, -0.1) is 0 Å². The van der Waals surface area contributed by atoms with E-state index in [2.05, 4.69) is 9.97 Å². The van der Waals surface area contributed by atoms with E-state index in [1.54, 1.807) is 0 Å². The van der Waals surface area contributed by atoms with Crippen LogP contribution >= 0.6 is 11.6 Å². The van der Waals surface area contributed by atoms with Crippen LogP contribution in [0.2, 0.25) is 5.02 Å². The number of esters is 1. The number of carbonyl (C=O) groups is 1. The van der Waals surface area contributed by atoms with E-state index in [1.165, 1.54) is 0 Å². The molecule has 3 N–H and O–H groups in total. The molecule has 0 aromatic carbocycles. The molecule has 1 aliphatic rings. The Morgan fingerprint density at radius 3 is 2.83 bits per heavy atom. The van der Waals surface area contributed by atoms with Gasteiger partial charge in [0, 0.05) is 18.9 Å². The second kappa shape index (κ2) is 5.49. The lowest BCUT2D eigenvalue weighted by Crippen LogP contribution is -2.13. The maximum absolute atomic E-state index is 11.8. The Balaban J connectivity index is 2.17. The molecule has 0 bridgehead atoms. The van der Waals surface area contributed by atoms with Crippen LogP contribution in [-0.2, 0) is 4.74 Å². The van der Waals surface area contributed by atoms with Crippen LogP contribution in [0.25, 0.3) is 0 Å². The van der Waals surface area contributed by atoms with Gasteiger partial charge in [0.1, 0.15) is 16.7 Å². The fourth-order valence-corrected chi connectivity index (χ4v) is 1.60. The van der Waals surface area contributed by atoms with E-state index < -0.39 is 5.97 Å². The summed E-state index contributed by atoms with van der Waals surface area (Å²) in [6.07, 6.45) is 2.37. The molecule has 1 aromatic heterocycles. The Labute approximate surface area is 109 Å². The van der Waals surface area contributed by atoms with Gasteiger partial charge in [0.05, 0.1) is 6.61 Å². The molecule has 0 saturated heterocycles. The second-order valence-corrected chi connectivity index (χ2v) is 4.49. The molecule has 1 aromatic rings. The van der Waals surface area contributed by atoms with Crippen LogP contribution in [0, 0.1) is 0 Å². The largest absolute Gasteiger partial charge is 0.461 e. The molecule has 7 heteroatoms. The number of nitrogens with two attached hydrogens (primary N) is 1. The van der Waals surface area contributed by atoms with Crippen molar-refractivity contribution in [3.05, 3.63) is 16.5 Å². The molecule has 6 nitrogen and oxygen atoms in total. The highest BCUT2D eigenvalue weighted by atomic mass is 35.5. The lowest BCUT2D eigenvalue weighted by atomic mass is 10.3. The van der Waals surface area contributed by atoms with E-state index in [1.807, 2.05) is 0 Å². The summed E-state index contributed by atoms with van der Waals surface area (Å²) in [6.45, 7) is 0.0780. The third-order valence-corrected chi connectivity index (χ3v) is 2.94. The number of nitrogens with zero attached hydrogens (tertiary/aromatic N) is 2. The molecule has 1 aliphatic carbocycles. The van der Waals surface area contributed by atoms with E-state index in [0.717, 1.165) is 12.8 Å². The van der Waals surface area contributed by atoms with Crippen LogP contribution in [0.5, 0.6) is 0 Å². The van der Waals surface area contributed by atoms with Gasteiger partial charge in [-0.25, -0.2) is 14.8 Å². The highest BCUT2D eigenvalue weighted by Crippen LogP contribution is 2.39. The first-order valence-electron chi connectivity index (χ1n) is 5.74. The minimum atomic E-state index is -0.635. The number of anilines is 1. The van der Waals surface area contributed by atoms with Crippen molar-refractivity contribution in [1.29, 1.82) is 0 Å². The Hall–Kier alpha value is -1.40. The summed E-state index contributed by atoms with van der Waals surface area (Å²) in [5, 5.41) is 8.63. The fourth-order valence-electron chi connectivity index (χ4n) is 1.44. The van der Waals surface area contributed by atoms with Crippen molar-refractivity contribution in [2.45, 2.75) is 25.2 Å². The summed E-state index contributed by atoms with van der Waals surface area (Å²) in [5.74, 6) is 0.284. The highest BCUT2D eigenvalue weighted by Gasteiger charge is 2.29. The van der Waals surface area contributed by atoms with Crippen molar-refractivity contribution >= 4 is 23.4 Å². The Kier molecular flexibility index (Phi) is 3.98. The molecule has 2 rings (SSSR count). The first kappa shape index (κ1) is 13.0. The fraction of sp³-hybridized carbons (Fsp3) is 0.545. The zero-order chi connectivity index (χ0) is 13.1. The summed E-state index contributed by atoms with van der Waals surface area (Å²) in [7, 11) is 0. The standard InChI is InChI=1S/C11H14ClN3O3/c12-7-8(11(17)18-5-1-4-16)14-10(6-2-3-6)15-9(7)13/h6,16H,1-5H2,(H2,13,14,15). The molecule has 0 radical (unpaired) electrons. The first-order valence-corrected chi connectivity index (χ1v) is 6.12. The first-order chi connectivity index (χ1) is 8.63. The van der Waals surface area contributed by atoms with Gasteiger partial charge in [-0.1, -0.05) is 11.6 Å². The Morgan fingerprint density at radius 2 is 2.22 bits per heavy atom. The predicted octanol–water partition coefficient (Wildman–Crippen LogP) is 1.13. The molecule has 98 valence electrons. The number of carbonyl (C=O) groups excluding carboxylic acids is 1. The number of rotatable bonds is 5. The van der Waals surface area contributed by atoms with E-state index in [9.17, 15) is 4.79 Å². The lowest BCUT2D eigenvalue weighted by Gasteiger charge is -2.08. The lowest BCUT2D eigenvalue weighted by molar-refractivity contribution is 0.0475. The SMILES string of the molecule is Nc1nc(C2CC2)nc(C(=O)OCCCO)c1Cl. The predicted molar refractivity (Wildman–Crippen MR) is 65.4 cm³/mol. The molecule has 1 heterocycles. The van der Waals surface area contributed by atoms with Gasteiger partial charge >= 0.3 is 5.97 Å². The molecule has 18 heavy (non-hydrogen) atoms. The number of hydrogen-bond acceptors (Lipinski definition) is 6. The van der Waals surface area contributed by atoms with Crippen molar-refractivity contribution in [2.24, 2.45) is 0 Å². The highest BCUT2D eigenvalue weighted by molar-refractivity contribution is 6.35. The topological polar surface area (TPSA) is 98.3 Å². The van der Waals surface area contributed by atoms with Crippen molar-refractivity contribution in [2.75, 3.05) is 18.9 Å². The van der Waals surface area contributed by atoms with E-state index >= 15 is 0 Å².